The van der Waals surface area contributed by atoms with Crippen molar-refractivity contribution in [3.63, 3.8) is 0 Å². The van der Waals surface area contributed by atoms with E-state index in [2.05, 4.69) is 43.4 Å². The van der Waals surface area contributed by atoms with Crippen molar-refractivity contribution < 1.29 is 4.74 Å². The lowest BCUT2D eigenvalue weighted by Gasteiger charge is -2.14. The van der Waals surface area contributed by atoms with Gasteiger partial charge in [0.15, 0.2) is 0 Å². The van der Waals surface area contributed by atoms with E-state index in [9.17, 15) is 0 Å². The van der Waals surface area contributed by atoms with E-state index >= 15 is 0 Å². The summed E-state index contributed by atoms with van der Waals surface area (Å²) >= 11 is 0. The minimum atomic E-state index is 0.438. The Morgan fingerprint density at radius 3 is 2.41 bits per heavy atom. The molecule has 0 bridgehead atoms. The van der Waals surface area contributed by atoms with Gasteiger partial charge in [0.1, 0.15) is 5.75 Å². The van der Waals surface area contributed by atoms with Crippen molar-refractivity contribution in [1.82, 2.24) is 5.32 Å². The summed E-state index contributed by atoms with van der Waals surface area (Å²) in [6, 6.07) is 9.05. The summed E-state index contributed by atoms with van der Waals surface area (Å²) in [5.74, 6) is 1.94. The van der Waals surface area contributed by atoms with Crippen LogP contribution < -0.4 is 10.1 Å². The second-order valence-electron chi connectivity index (χ2n) is 6.76. The number of hydrogen-bond donors (Lipinski definition) is 1. The Balaban J connectivity index is 1.59. The van der Waals surface area contributed by atoms with E-state index in [-0.39, 0.29) is 0 Å². The first-order chi connectivity index (χ1) is 10.8. The molecule has 1 fully saturated rings. The molecular weight excluding hydrogens is 270 g/mol. The topological polar surface area (TPSA) is 21.3 Å². The van der Waals surface area contributed by atoms with Gasteiger partial charge < -0.3 is 10.1 Å². The quantitative estimate of drug-likeness (QED) is 0.516. The molecule has 0 saturated heterocycles. The largest absolute Gasteiger partial charge is 0.494 e. The van der Waals surface area contributed by atoms with Crippen LogP contribution in [0.1, 0.15) is 76.8 Å². The Kier molecular flexibility index (Phi) is 7.79. The number of hydrogen-bond acceptors (Lipinski definition) is 2. The van der Waals surface area contributed by atoms with Gasteiger partial charge in [0, 0.05) is 6.04 Å². The molecule has 1 aromatic rings. The third-order valence-electron chi connectivity index (χ3n) is 4.56. The molecule has 22 heavy (non-hydrogen) atoms. The van der Waals surface area contributed by atoms with E-state index in [1.807, 2.05) is 0 Å². The summed E-state index contributed by atoms with van der Waals surface area (Å²) in [5.41, 5.74) is 1.35. The molecule has 1 atom stereocenters. The summed E-state index contributed by atoms with van der Waals surface area (Å²) in [6.45, 7) is 6.52. The molecule has 0 heterocycles. The second kappa shape index (κ2) is 9.89. The summed E-state index contributed by atoms with van der Waals surface area (Å²) in [7, 11) is 0. The van der Waals surface area contributed by atoms with E-state index in [0.29, 0.717) is 6.04 Å². The fourth-order valence-electron chi connectivity index (χ4n) is 2.71. The van der Waals surface area contributed by atoms with Gasteiger partial charge in [-0.1, -0.05) is 51.2 Å². The third kappa shape index (κ3) is 6.83. The van der Waals surface area contributed by atoms with Crippen molar-refractivity contribution in [2.45, 2.75) is 71.3 Å². The van der Waals surface area contributed by atoms with Crippen molar-refractivity contribution in [1.29, 1.82) is 0 Å². The van der Waals surface area contributed by atoms with Crippen molar-refractivity contribution in [3.05, 3.63) is 29.8 Å². The van der Waals surface area contributed by atoms with Crippen LogP contribution in [0.25, 0.3) is 0 Å². The molecule has 1 unspecified atom stereocenters. The first kappa shape index (κ1) is 17.3. The van der Waals surface area contributed by atoms with Crippen molar-refractivity contribution >= 4 is 0 Å². The van der Waals surface area contributed by atoms with Gasteiger partial charge in [0.05, 0.1) is 6.61 Å². The molecule has 2 rings (SSSR count). The monoisotopic (exact) mass is 303 g/mol. The smallest absolute Gasteiger partial charge is 0.119 e. The van der Waals surface area contributed by atoms with Gasteiger partial charge in [-0.05, 0) is 56.3 Å². The lowest BCUT2D eigenvalue weighted by atomic mass is 10.1. The fourth-order valence-corrected chi connectivity index (χ4v) is 2.71. The van der Waals surface area contributed by atoms with E-state index in [4.69, 9.17) is 4.74 Å². The number of nitrogens with one attached hydrogen (secondary N) is 1. The molecule has 2 heteroatoms. The number of rotatable bonds is 12. The Hall–Kier alpha value is -1.02. The molecule has 124 valence electrons. The highest BCUT2D eigenvalue weighted by atomic mass is 16.5. The lowest BCUT2D eigenvalue weighted by Crippen LogP contribution is -2.20. The van der Waals surface area contributed by atoms with Gasteiger partial charge in [-0.3, -0.25) is 0 Å². The number of benzene rings is 1. The van der Waals surface area contributed by atoms with Crippen LogP contribution in [0.4, 0.5) is 0 Å². The van der Waals surface area contributed by atoms with Crippen molar-refractivity contribution in [2.24, 2.45) is 5.92 Å². The maximum Gasteiger partial charge on any atom is 0.119 e. The molecule has 1 aromatic carbocycles. The zero-order valence-corrected chi connectivity index (χ0v) is 14.4. The highest BCUT2D eigenvalue weighted by molar-refractivity contribution is 5.28. The van der Waals surface area contributed by atoms with Crippen LogP contribution in [0, 0.1) is 5.92 Å². The van der Waals surface area contributed by atoms with Gasteiger partial charge in [0.25, 0.3) is 0 Å². The molecule has 2 nitrogen and oxygen atoms in total. The van der Waals surface area contributed by atoms with Crippen LogP contribution in [0.5, 0.6) is 5.75 Å². The minimum absolute atomic E-state index is 0.438. The summed E-state index contributed by atoms with van der Waals surface area (Å²) in [4.78, 5) is 0. The fraction of sp³-hybridized carbons (Fsp3) is 0.700. The Labute approximate surface area is 136 Å². The average molecular weight is 303 g/mol. The molecule has 0 aliphatic heterocycles. The molecule has 1 saturated carbocycles. The van der Waals surface area contributed by atoms with E-state index in [1.165, 1.54) is 56.9 Å². The zero-order chi connectivity index (χ0) is 15.6. The highest BCUT2D eigenvalue weighted by Gasteiger charge is 2.21. The standard InChI is InChI=1S/C20H33NO/c1-3-4-5-6-7-8-15-22-20-13-11-19(12-14-20)17(2)21-16-18-9-10-18/h11-14,17-18,21H,3-10,15-16H2,1-2H3. The lowest BCUT2D eigenvalue weighted by molar-refractivity contribution is 0.304. The van der Waals surface area contributed by atoms with Gasteiger partial charge in [0.2, 0.25) is 0 Å². The Morgan fingerprint density at radius 1 is 1.05 bits per heavy atom. The highest BCUT2D eigenvalue weighted by Crippen LogP contribution is 2.28. The zero-order valence-electron chi connectivity index (χ0n) is 14.4. The third-order valence-corrected chi connectivity index (χ3v) is 4.56. The van der Waals surface area contributed by atoms with Crippen LogP contribution >= 0.6 is 0 Å². The maximum absolute atomic E-state index is 5.84. The van der Waals surface area contributed by atoms with Crippen LogP contribution in [-0.4, -0.2) is 13.2 Å². The van der Waals surface area contributed by atoms with Crippen molar-refractivity contribution in [2.75, 3.05) is 13.2 Å². The van der Waals surface area contributed by atoms with Crippen molar-refractivity contribution in [3.8, 4) is 5.75 Å². The van der Waals surface area contributed by atoms with Crippen LogP contribution in [0.2, 0.25) is 0 Å². The van der Waals surface area contributed by atoms with Gasteiger partial charge in [-0.25, -0.2) is 0 Å². The second-order valence-corrected chi connectivity index (χ2v) is 6.76. The van der Waals surface area contributed by atoms with E-state index in [0.717, 1.165) is 24.8 Å². The number of unbranched alkanes of at least 4 members (excludes halogenated alkanes) is 5. The van der Waals surface area contributed by atoms with E-state index < -0.39 is 0 Å². The molecule has 0 radical (unpaired) electrons. The summed E-state index contributed by atoms with van der Waals surface area (Å²) in [6.07, 6.45) is 10.7. The summed E-state index contributed by atoms with van der Waals surface area (Å²) < 4.78 is 5.84. The molecule has 1 aliphatic carbocycles. The van der Waals surface area contributed by atoms with E-state index in [1.54, 1.807) is 0 Å². The predicted octanol–water partition coefficient (Wildman–Crippen LogP) is 5.49. The first-order valence-electron chi connectivity index (χ1n) is 9.25. The first-order valence-corrected chi connectivity index (χ1v) is 9.25. The van der Waals surface area contributed by atoms with Gasteiger partial charge in [-0.2, -0.15) is 0 Å². The normalized spacial score (nSPS) is 15.7. The average Bonchev–Trinajstić information content (AvgIpc) is 3.37. The van der Waals surface area contributed by atoms with Gasteiger partial charge >= 0.3 is 0 Å². The molecule has 1 aliphatic rings. The molecule has 1 N–H and O–H groups in total. The maximum atomic E-state index is 5.84. The van der Waals surface area contributed by atoms with Gasteiger partial charge in [-0.15, -0.1) is 0 Å². The molecule has 0 aromatic heterocycles. The molecule has 0 amide bonds. The summed E-state index contributed by atoms with van der Waals surface area (Å²) in [5, 5.41) is 3.62. The molecular formula is C20H33NO. The predicted molar refractivity (Wildman–Crippen MR) is 94.5 cm³/mol. The Bertz CT molecular complexity index is 397. The SMILES string of the molecule is CCCCCCCCOc1ccc(C(C)NCC2CC2)cc1. The van der Waals surface area contributed by atoms with Crippen LogP contribution in [0.15, 0.2) is 24.3 Å². The van der Waals surface area contributed by atoms with Crippen LogP contribution in [0.3, 0.4) is 0 Å². The minimum Gasteiger partial charge on any atom is -0.494 e. The number of ether oxygens (including phenoxy) is 1. The molecule has 0 spiro atoms. The Morgan fingerprint density at radius 2 is 1.73 bits per heavy atom. The van der Waals surface area contributed by atoms with Crippen LogP contribution in [-0.2, 0) is 0 Å².